The van der Waals surface area contributed by atoms with Gasteiger partial charge in [0.05, 0.1) is 17.9 Å². The van der Waals surface area contributed by atoms with Crippen LogP contribution in [0.25, 0.3) is 0 Å². The van der Waals surface area contributed by atoms with E-state index in [0.717, 1.165) is 18.5 Å². The van der Waals surface area contributed by atoms with E-state index >= 15 is 0 Å². The molecule has 0 bridgehead atoms. The molecule has 1 heterocycles. The smallest absolute Gasteiger partial charge is 0.0994 e. The molecule has 1 rings (SSSR count). The van der Waals surface area contributed by atoms with Crippen LogP contribution in [0, 0.1) is 0 Å². The molecule has 0 amide bonds. The molecule has 0 aliphatic heterocycles. The van der Waals surface area contributed by atoms with Crippen molar-refractivity contribution in [1.82, 2.24) is 15.0 Å². The van der Waals surface area contributed by atoms with Crippen molar-refractivity contribution in [2.45, 2.75) is 38.8 Å². The first-order valence-electron chi connectivity index (χ1n) is 5.04. The second-order valence-corrected chi connectivity index (χ2v) is 3.38. The molecule has 14 heavy (non-hydrogen) atoms. The number of aliphatic hydroxyl groups excluding tert-OH is 1. The highest BCUT2D eigenvalue weighted by atomic mass is 16.3. The zero-order chi connectivity index (χ0) is 10.4. The number of aryl methyl sites for hydroxylation is 1. The summed E-state index contributed by atoms with van der Waals surface area (Å²) in [6.45, 7) is 2.97. The number of nitrogens with two attached hydrogens (primary N) is 1. The molecule has 1 aromatic heterocycles. The first kappa shape index (κ1) is 11.1. The minimum atomic E-state index is -0.0112. The van der Waals surface area contributed by atoms with Gasteiger partial charge >= 0.3 is 0 Å². The van der Waals surface area contributed by atoms with Crippen molar-refractivity contribution in [3.63, 3.8) is 0 Å². The summed E-state index contributed by atoms with van der Waals surface area (Å²) in [6, 6.07) is -0.0112. The van der Waals surface area contributed by atoms with Crippen LogP contribution in [0.3, 0.4) is 0 Å². The monoisotopic (exact) mass is 198 g/mol. The van der Waals surface area contributed by atoms with Crippen LogP contribution in [0.5, 0.6) is 0 Å². The summed E-state index contributed by atoms with van der Waals surface area (Å²) >= 11 is 0. The molecule has 0 radical (unpaired) electrons. The SMILES string of the molecule is CCCC(N)c1cn(CCCO)nn1. The van der Waals surface area contributed by atoms with Gasteiger partial charge in [0, 0.05) is 13.2 Å². The van der Waals surface area contributed by atoms with Crippen LogP contribution >= 0.6 is 0 Å². The molecule has 80 valence electrons. The summed E-state index contributed by atoms with van der Waals surface area (Å²) in [5.41, 5.74) is 6.72. The van der Waals surface area contributed by atoms with E-state index in [2.05, 4.69) is 17.2 Å². The fourth-order valence-electron chi connectivity index (χ4n) is 1.28. The number of rotatable bonds is 6. The highest BCUT2D eigenvalue weighted by Crippen LogP contribution is 2.11. The maximum absolute atomic E-state index is 8.64. The summed E-state index contributed by atoms with van der Waals surface area (Å²) in [6.07, 6.45) is 4.53. The number of aromatic nitrogens is 3. The Balaban J connectivity index is 2.49. The molecule has 3 N–H and O–H groups in total. The zero-order valence-corrected chi connectivity index (χ0v) is 8.56. The average molecular weight is 198 g/mol. The number of nitrogens with zero attached hydrogens (tertiary/aromatic N) is 3. The lowest BCUT2D eigenvalue weighted by Gasteiger charge is -2.04. The Hall–Kier alpha value is -0.940. The van der Waals surface area contributed by atoms with Crippen molar-refractivity contribution in [2.75, 3.05) is 6.61 Å². The summed E-state index contributed by atoms with van der Waals surface area (Å²) in [4.78, 5) is 0. The van der Waals surface area contributed by atoms with Gasteiger partial charge in [-0.2, -0.15) is 0 Å². The van der Waals surface area contributed by atoms with Crippen LogP contribution in [0.2, 0.25) is 0 Å². The minimum Gasteiger partial charge on any atom is -0.396 e. The molecule has 0 saturated heterocycles. The zero-order valence-electron chi connectivity index (χ0n) is 8.56. The predicted octanol–water partition coefficient (Wildman–Crippen LogP) is 0.460. The Kier molecular flexibility index (Phi) is 4.55. The Morgan fingerprint density at radius 2 is 2.43 bits per heavy atom. The molecule has 1 unspecified atom stereocenters. The minimum absolute atomic E-state index is 0.0112. The summed E-state index contributed by atoms with van der Waals surface area (Å²) in [5.74, 6) is 0. The third-order valence-electron chi connectivity index (χ3n) is 2.08. The molecule has 1 atom stereocenters. The van der Waals surface area contributed by atoms with E-state index in [1.54, 1.807) is 4.68 Å². The van der Waals surface area contributed by atoms with Crippen molar-refractivity contribution in [1.29, 1.82) is 0 Å². The van der Waals surface area contributed by atoms with Gasteiger partial charge in [-0.25, -0.2) is 0 Å². The molecule has 5 nitrogen and oxygen atoms in total. The largest absolute Gasteiger partial charge is 0.396 e. The van der Waals surface area contributed by atoms with E-state index in [-0.39, 0.29) is 12.6 Å². The van der Waals surface area contributed by atoms with Crippen LogP contribution in [-0.4, -0.2) is 26.7 Å². The molecule has 0 spiro atoms. The van der Waals surface area contributed by atoms with Crippen molar-refractivity contribution in [3.8, 4) is 0 Å². The Morgan fingerprint density at radius 1 is 1.64 bits per heavy atom. The molecule has 0 saturated carbocycles. The molecule has 0 aliphatic carbocycles. The molecule has 0 fully saturated rings. The van der Waals surface area contributed by atoms with Gasteiger partial charge in [-0.15, -0.1) is 5.10 Å². The van der Waals surface area contributed by atoms with Gasteiger partial charge in [0.2, 0.25) is 0 Å². The maximum Gasteiger partial charge on any atom is 0.0994 e. The maximum atomic E-state index is 8.64. The average Bonchev–Trinajstić information content (AvgIpc) is 2.63. The van der Waals surface area contributed by atoms with E-state index in [4.69, 9.17) is 10.8 Å². The van der Waals surface area contributed by atoms with E-state index < -0.39 is 0 Å². The molecule has 1 aromatic rings. The molecular formula is C9H18N4O. The Bertz CT molecular complexity index is 261. The number of aliphatic hydroxyl groups is 1. The van der Waals surface area contributed by atoms with Gasteiger partial charge in [0.25, 0.3) is 0 Å². The second-order valence-electron chi connectivity index (χ2n) is 3.38. The lowest BCUT2D eigenvalue weighted by molar-refractivity contribution is 0.276. The van der Waals surface area contributed by atoms with E-state index in [1.807, 2.05) is 6.20 Å². The molecule has 0 aromatic carbocycles. The van der Waals surface area contributed by atoms with Gasteiger partial charge < -0.3 is 10.8 Å². The first-order valence-corrected chi connectivity index (χ1v) is 5.04. The number of hydrogen-bond acceptors (Lipinski definition) is 4. The van der Waals surface area contributed by atoms with Gasteiger partial charge in [-0.1, -0.05) is 18.6 Å². The summed E-state index contributed by atoms with van der Waals surface area (Å²) < 4.78 is 1.72. The molecule has 5 heteroatoms. The predicted molar refractivity (Wildman–Crippen MR) is 53.6 cm³/mol. The number of hydrogen-bond donors (Lipinski definition) is 2. The van der Waals surface area contributed by atoms with Gasteiger partial charge in [-0.3, -0.25) is 4.68 Å². The Labute approximate surface area is 83.9 Å². The standard InChI is InChI=1S/C9H18N4O/c1-2-4-8(10)9-7-13(12-11-9)5-3-6-14/h7-8,14H,2-6,10H2,1H3. The van der Waals surface area contributed by atoms with Gasteiger partial charge in [0.15, 0.2) is 0 Å². The first-order chi connectivity index (χ1) is 6.77. The second kappa shape index (κ2) is 5.72. The van der Waals surface area contributed by atoms with Gasteiger partial charge in [-0.05, 0) is 12.8 Å². The van der Waals surface area contributed by atoms with Gasteiger partial charge in [0.1, 0.15) is 0 Å². The highest BCUT2D eigenvalue weighted by molar-refractivity contribution is 4.99. The fourth-order valence-corrected chi connectivity index (χ4v) is 1.28. The van der Waals surface area contributed by atoms with E-state index in [1.165, 1.54) is 0 Å². The van der Waals surface area contributed by atoms with Crippen molar-refractivity contribution < 1.29 is 5.11 Å². The fraction of sp³-hybridized carbons (Fsp3) is 0.778. The summed E-state index contributed by atoms with van der Waals surface area (Å²) in [5, 5.41) is 16.6. The van der Waals surface area contributed by atoms with Crippen LogP contribution in [0.15, 0.2) is 6.20 Å². The Morgan fingerprint density at radius 3 is 3.07 bits per heavy atom. The van der Waals surface area contributed by atoms with Crippen molar-refractivity contribution in [3.05, 3.63) is 11.9 Å². The van der Waals surface area contributed by atoms with Crippen molar-refractivity contribution >= 4 is 0 Å². The van der Waals surface area contributed by atoms with Crippen LogP contribution in [0.1, 0.15) is 37.9 Å². The third kappa shape index (κ3) is 3.08. The normalized spacial score (nSPS) is 13.1. The van der Waals surface area contributed by atoms with Crippen LogP contribution in [-0.2, 0) is 6.54 Å². The quantitative estimate of drug-likeness (QED) is 0.696. The van der Waals surface area contributed by atoms with E-state index in [0.29, 0.717) is 13.0 Å². The van der Waals surface area contributed by atoms with Crippen LogP contribution in [0.4, 0.5) is 0 Å². The van der Waals surface area contributed by atoms with Crippen molar-refractivity contribution in [2.24, 2.45) is 5.73 Å². The highest BCUT2D eigenvalue weighted by Gasteiger charge is 2.08. The lowest BCUT2D eigenvalue weighted by atomic mass is 10.1. The third-order valence-corrected chi connectivity index (χ3v) is 2.08. The summed E-state index contributed by atoms with van der Waals surface area (Å²) in [7, 11) is 0. The molecular weight excluding hydrogens is 180 g/mol. The van der Waals surface area contributed by atoms with E-state index in [9.17, 15) is 0 Å². The van der Waals surface area contributed by atoms with Crippen LogP contribution < -0.4 is 5.73 Å². The molecule has 0 aliphatic rings. The topological polar surface area (TPSA) is 77.0 Å². The lowest BCUT2D eigenvalue weighted by Crippen LogP contribution is -2.10.